The van der Waals surface area contributed by atoms with Crippen molar-refractivity contribution >= 4 is 0 Å². The lowest BCUT2D eigenvalue weighted by Gasteiger charge is -2.22. The Labute approximate surface area is 90.5 Å². The molecule has 2 unspecified atom stereocenters. The SMILES string of the molecule is Cc1cnc(C)c([C@H]2CN3CCC2C3)n1. The highest BCUT2D eigenvalue weighted by atomic mass is 15.2. The highest BCUT2D eigenvalue weighted by molar-refractivity contribution is 5.21. The molecular formula is C12H17N3. The Morgan fingerprint density at radius 1 is 1.33 bits per heavy atom. The average Bonchev–Trinajstić information content (AvgIpc) is 2.83. The fourth-order valence-corrected chi connectivity index (χ4v) is 3.00. The highest BCUT2D eigenvalue weighted by Crippen LogP contribution is 2.39. The Balaban J connectivity index is 1.96. The smallest absolute Gasteiger partial charge is 0.0665 e. The maximum Gasteiger partial charge on any atom is 0.0665 e. The van der Waals surface area contributed by atoms with E-state index in [2.05, 4.69) is 21.8 Å². The first kappa shape index (κ1) is 9.28. The van der Waals surface area contributed by atoms with Crippen LogP contribution in [0.25, 0.3) is 0 Å². The first-order valence-corrected chi connectivity index (χ1v) is 5.76. The van der Waals surface area contributed by atoms with Crippen LogP contribution in [0.4, 0.5) is 0 Å². The van der Waals surface area contributed by atoms with Crippen molar-refractivity contribution < 1.29 is 0 Å². The van der Waals surface area contributed by atoms with E-state index >= 15 is 0 Å². The molecule has 1 aromatic rings. The van der Waals surface area contributed by atoms with E-state index in [-0.39, 0.29) is 0 Å². The maximum absolute atomic E-state index is 4.68. The van der Waals surface area contributed by atoms with Crippen molar-refractivity contribution in [2.75, 3.05) is 19.6 Å². The summed E-state index contributed by atoms with van der Waals surface area (Å²) in [7, 11) is 0. The molecule has 0 saturated carbocycles. The summed E-state index contributed by atoms with van der Waals surface area (Å²) in [5.41, 5.74) is 3.43. The molecule has 0 spiro atoms. The van der Waals surface area contributed by atoms with Gasteiger partial charge in [-0.15, -0.1) is 0 Å². The van der Waals surface area contributed by atoms with Crippen LogP contribution in [0.3, 0.4) is 0 Å². The topological polar surface area (TPSA) is 29.0 Å². The van der Waals surface area contributed by atoms with Gasteiger partial charge in [-0.25, -0.2) is 0 Å². The summed E-state index contributed by atoms with van der Waals surface area (Å²) in [6.45, 7) is 7.88. The minimum absolute atomic E-state index is 0.645. The molecule has 2 bridgehead atoms. The minimum Gasteiger partial charge on any atom is -0.302 e. The number of aromatic nitrogens is 2. The first-order valence-electron chi connectivity index (χ1n) is 5.76. The monoisotopic (exact) mass is 203 g/mol. The van der Waals surface area contributed by atoms with Crippen LogP contribution in [-0.2, 0) is 0 Å². The molecule has 2 fully saturated rings. The zero-order valence-electron chi connectivity index (χ0n) is 9.40. The van der Waals surface area contributed by atoms with Gasteiger partial charge in [0.25, 0.3) is 0 Å². The summed E-state index contributed by atoms with van der Waals surface area (Å²) in [6.07, 6.45) is 3.21. The van der Waals surface area contributed by atoms with Crippen LogP contribution >= 0.6 is 0 Å². The molecule has 0 aromatic carbocycles. The summed E-state index contributed by atoms with van der Waals surface area (Å²) >= 11 is 0. The molecule has 2 saturated heterocycles. The van der Waals surface area contributed by atoms with Crippen LogP contribution in [-0.4, -0.2) is 34.5 Å². The molecule has 3 heteroatoms. The number of piperidine rings is 1. The van der Waals surface area contributed by atoms with Crippen LogP contribution in [0.1, 0.15) is 29.4 Å². The first-order chi connectivity index (χ1) is 7.24. The van der Waals surface area contributed by atoms with Crippen LogP contribution in [0, 0.1) is 19.8 Å². The van der Waals surface area contributed by atoms with Gasteiger partial charge in [-0.1, -0.05) is 0 Å². The molecule has 3 atom stereocenters. The number of fused-ring (bicyclic) bond motifs is 2. The van der Waals surface area contributed by atoms with E-state index in [1.54, 1.807) is 0 Å². The molecule has 0 N–H and O–H groups in total. The van der Waals surface area contributed by atoms with E-state index in [9.17, 15) is 0 Å². The van der Waals surface area contributed by atoms with Crippen molar-refractivity contribution in [3.8, 4) is 0 Å². The van der Waals surface area contributed by atoms with E-state index in [4.69, 9.17) is 0 Å². The second-order valence-corrected chi connectivity index (χ2v) is 4.90. The largest absolute Gasteiger partial charge is 0.302 e. The quantitative estimate of drug-likeness (QED) is 0.693. The third-order valence-electron chi connectivity index (χ3n) is 3.80. The highest BCUT2D eigenvalue weighted by Gasteiger charge is 2.40. The van der Waals surface area contributed by atoms with Crippen molar-refractivity contribution in [2.24, 2.45) is 5.92 Å². The Morgan fingerprint density at radius 2 is 2.20 bits per heavy atom. The molecule has 0 aliphatic carbocycles. The van der Waals surface area contributed by atoms with Gasteiger partial charge in [-0.2, -0.15) is 0 Å². The van der Waals surface area contributed by atoms with Gasteiger partial charge < -0.3 is 4.90 Å². The summed E-state index contributed by atoms with van der Waals surface area (Å²) in [5, 5.41) is 0. The van der Waals surface area contributed by atoms with Crippen molar-refractivity contribution in [3.63, 3.8) is 0 Å². The number of rotatable bonds is 1. The van der Waals surface area contributed by atoms with E-state index in [1.165, 1.54) is 31.7 Å². The van der Waals surface area contributed by atoms with E-state index in [0.717, 1.165) is 17.3 Å². The Hall–Kier alpha value is -0.960. The standard InChI is InChI=1S/C12H17N3/c1-8-5-13-9(2)12(14-8)11-7-15-4-3-10(11)6-15/h5,10-11H,3-4,6-7H2,1-2H3/t10?,11-/m0/s1. The molecular weight excluding hydrogens is 186 g/mol. The minimum atomic E-state index is 0.645. The number of aryl methyl sites for hydroxylation is 2. The van der Waals surface area contributed by atoms with E-state index in [1.807, 2.05) is 13.1 Å². The van der Waals surface area contributed by atoms with Crippen molar-refractivity contribution in [2.45, 2.75) is 26.2 Å². The number of hydrogen-bond acceptors (Lipinski definition) is 3. The summed E-state index contributed by atoms with van der Waals surface area (Å²) in [5.74, 6) is 1.48. The lowest BCUT2D eigenvalue weighted by molar-refractivity contribution is 0.343. The molecule has 3 heterocycles. The fraction of sp³-hybridized carbons (Fsp3) is 0.667. The fourth-order valence-electron chi connectivity index (χ4n) is 3.00. The number of hydrogen-bond donors (Lipinski definition) is 0. The Bertz CT molecular complexity index is 388. The van der Waals surface area contributed by atoms with Crippen LogP contribution in [0.5, 0.6) is 0 Å². The molecule has 0 radical (unpaired) electrons. The zero-order chi connectivity index (χ0) is 10.4. The van der Waals surface area contributed by atoms with E-state index < -0.39 is 0 Å². The molecule has 0 amide bonds. The van der Waals surface area contributed by atoms with E-state index in [0.29, 0.717) is 5.92 Å². The third-order valence-corrected chi connectivity index (χ3v) is 3.80. The van der Waals surface area contributed by atoms with Crippen molar-refractivity contribution in [3.05, 3.63) is 23.3 Å². The van der Waals surface area contributed by atoms with Crippen LogP contribution in [0.2, 0.25) is 0 Å². The molecule has 1 aromatic heterocycles. The Morgan fingerprint density at radius 3 is 2.87 bits per heavy atom. The van der Waals surface area contributed by atoms with Crippen molar-refractivity contribution in [1.29, 1.82) is 0 Å². The van der Waals surface area contributed by atoms with Gasteiger partial charge in [0, 0.05) is 25.2 Å². The molecule has 3 nitrogen and oxygen atoms in total. The van der Waals surface area contributed by atoms with Crippen molar-refractivity contribution in [1.82, 2.24) is 14.9 Å². The number of nitrogens with zero attached hydrogens (tertiary/aromatic N) is 3. The molecule has 15 heavy (non-hydrogen) atoms. The predicted molar refractivity (Wildman–Crippen MR) is 58.8 cm³/mol. The van der Waals surface area contributed by atoms with Gasteiger partial charge >= 0.3 is 0 Å². The van der Waals surface area contributed by atoms with Gasteiger partial charge in [-0.3, -0.25) is 9.97 Å². The second kappa shape index (κ2) is 3.27. The summed E-state index contributed by atoms with van der Waals surface area (Å²) < 4.78 is 0. The summed E-state index contributed by atoms with van der Waals surface area (Å²) in [6, 6.07) is 0. The summed E-state index contributed by atoms with van der Waals surface area (Å²) in [4.78, 5) is 11.7. The van der Waals surface area contributed by atoms with Crippen LogP contribution < -0.4 is 0 Å². The molecule has 2 aliphatic rings. The normalized spacial score (nSPS) is 33.6. The second-order valence-electron chi connectivity index (χ2n) is 4.90. The average molecular weight is 203 g/mol. The Kier molecular flexibility index (Phi) is 2.02. The van der Waals surface area contributed by atoms with Gasteiger partial charge in [0.2, 0.25) is 0 Å². The maximum atomic E-state index is 4.68. The molecule has 2 aliphatic heterocycles. The molecule has 80 valence electrons. The predicted octanol–water partition coefficient (Wildman–Crippen LogP) is 1.51. The molecule has 3 rings (SSSR count). The van der Waals surface area contributed by atoms with Gasteiger partial charge in [0.1, 0.15) is 0 Å². The lowest BCUT2D eigenvalue weighted by atomic mass is 9.88. The lowest BCUT2D eigenvalue weighted by Crippen LogP contribution is -2.23. The van der Waals surface area contributed by atoms with Crippen LogP contribution in [0.15, 0.2) is 6.20 Å². The van der Waals surface area contributed by atoms with Gasteiger partial charge in [-0.05, 0) is 32.7 Å². The van der Waals surface area contributed by atoms with Gasteiger partial charge in [0.15, 0.2) is 0 Å². The van der Waals surface area contributed by atoms with Gasteiger partial charge in [0.05, 0.1) is 17.1 Å². The zero-order valence-corrected chi connectivity index (χ0v) is 9.40. The third kappa shape index (κ3) is 1.46.